The molecule has 124 valence electrons. The molecule has 2 aromatic carbocycles. The molecule has 1 heterocycles. The maximum Gasteiger partial charge on any atom is 0.193 e. The molecule has 0 bridgehead atoms. The van der Waals surface area contributed by atoms with Gasteiger partial charge in [-0.25, -0.2) is 0 Å². The van der Waals surface area contributed by atoms with Crippen LogP contribution in [0.1, 0.15) is 6.42 Å². The SMILES string of the molecule is CN(C)CCCOc1ccc2c(=O)cc(-c3ccccc3)oc2c1. The van der Waals surface area contributed by atoms with Crippen LogP contribution in [0.15, 0.2) is 63.8 Å². The van der Waals surface area contributed by atoms with E-state index < -0.39 is 0 Å². The number of ether oxygens (including phenoxy) is 1. The third kappa shape index (κ3) is 3.84. The van der Waals surface area contributed by atoms with Gasteiger partial charge in [0.25, 0.3) is 0 Å². The van der Waals surface area contributed by atoms with E-state index in [1.807, 2.05) is 50.5 Å². The fourth-order valence-corrected chi connectivity index (χ4v) is 2.54. The summed E-state index contributed by atoms with van der Waals surface area (Å²) in [7, 11) is 4.07. The van der Waals surface area contributed by atoms with Gasteiger partial charge in [-0.1, -0.05) is 30.3 Å². The summed E-state index contributed by atoms with van der Waals surface area (Å²) in [4.78, 5) is 14.4. The second-order valence-corrected chi connectivity index (χ2v) is 6.00. The second-order valence-electron chi connectivity index (χ2n) is 6.00. The maximum atomic E-state index is 12.3. The lowest BCUT2D eigenvalue weighted by Crippen LogP contribution is -2.15. The fourth-order valence-electron chi connectivity index (χ4n) is 2.54. The van der Waals surface area contributed by atoms with Crippen molar-refractivity contribution in [3.05, 3.63) is 64.8 Å². The summed E-state index contributed by atoms with van der Waals surface area (Å²) in [6, 6.07) is 16.5. The Balaban J connectivity index is 1.86. The van der Waals surface area contributed by atoms with Gasteiger partial charge in [0.05, 0.1) is 12.0 Å². The summed E-state index contributed by atoms with van der Waals surface area (Å²) >= 11 is 0. The Morgan fingerprint density at radius 3 is 2.58 bits per heavy atom. The van der Waals surface area contributed by atoms with Gasteiger partial charge in [0.15, 0.2) is 5.43 Å². The van der Waals surface area contributed by atoms with E-state index in [9.17, 15) is 4.79 Å². The molecule has 0 aliphatic rings. The molecule has 24 heavy (non-hydrogen) atoms. The van der Waals surface area contributed by atoms with Crippen LogP contribution in [0, 0.1) is 0 Å². The van der Waals surface area contributed by atoms with Crippen molar-refractivity contribution >= 4 is 11.0 Å². The maximum absolute atomic E-state index is 12.3. The number of hydrogen-bond donors (Lipinski definition) is 0. The molecule has 0 saturated heterocycles. The third-order valence-corrected chi connectivity index (χ3v) is 3.78. The molecule has 4 nitrogen and oxygen atoms in total. The van der Waals surface area contributed by atoms with Gasteiger partial charge in [0.1, 0.15) is 17.1 Å². The van der Waals surface area contributed by atoms with Crippen LogP contribution in [-0.2, 0) is 0 Å². The van der Waals surface area contributed by atoms with Crippen LogP contribution in [0.5, 0.6) is 5.75 Å². The van der Waals surface area contributed by atoms with E-state index in [4.69, 9.17) is 9.15 Å². The second kappa shape index (κ2) is 7.32. The number of benzene rings is 2. The predicted octanol–water partition coefficient (Wildman–Crippen LogP) is 3.79. The smallest absolute Gasteiger partial charge is 0.193 e. The minimum absolute atomic E-state index is 0.0470. The molecule has 0 N–H and O–H groups in total. The monoisotopic (exact) mass is 323 g/mol. The van der Waals surface area contributed by atoms with Crippen LogP contribution in [0.3, 0.4) is 0 Å². The highest BCUT2D eigenvalue weighted by Crippen LogP contribution is 2.24. The summed E-state index contributed by atoms with van der Waals surface area (Å²) in [5.41, 5.74) is 1.38. The molecule has 3 rings (SSSR count). The van der Waals surface area contributed by atoms with E-state index in [0.29, 0.717) is 23.3 Å². The average molecular weight is 323 g/mol. The van der Waals surface area contributed by atoms with Crippen molar-refractivity contribution in [3.8, 4) is 17.1 Å². The van der Waals surface area contributed by atoms with Crippen molar-refractivity contribution in [2.24, 2.45) is 0 Å². The van der Waals surface area contributed by atoms with Gasteiger partial charge in [-0.05, 0) is 32.6 Å². The quantitative estimate of drug-likeness (QED) is 0.647. The van der Waals surface area contributed by atoms with Crippen LogP contribution in [-0.4, -0.2) is 32.1 Å². The van der Waals surface area contributed by atoms with Crippen molar-refractivity contribution in [2.45, 2.75) is 6.42 Å². The first-order valence-corrected chi connectivity index (χ1v) is 8.04. The highest BCUT2D eigenvalue weighted by atomic mass is 16.5. The molecule has 0 atom stereocenters. The minimum atomic E-state index is -0.0470. The normalized spacial score (nSPS) is 11.1. The summed E-state index contributed by atoms with van der Waals surface area (Å²) in [5, 5.41) is 0.565. The van der Waals surface area contributed by atoms with Gasteiger partial charge in [0.2, 0.25) is 0 Å². The Morgan fingerprint density at radius 2 is 1.83 bits per heavy atom. The zero-order chi connectivity index (χ0) is 16.9. The zero-order valence-electron chi connectivity index (χ0n) is 14.0. The van der Waals surface area contributed by atoms with Gasteiger partial charge in [0, 0.05) is 24.2 Å². The van der Waals surface area contributed by atoms with Crippen LogP contribution in [0.25, 0.3) is 22.3 Å². The van der Waals surface area contributed by atoms with Gasteiger partial charge < -0.3 is 14.1 Å². The van der Waals surface area contributed by atoms with E-state index in [0.717, 1.165) is 24.3 Å². The van der Waals surface area contributed by atoms with E-state index in [1.165, 1.54) is 6.07 Å². The lowest BCUT2D eigenvalue weighted by atomic mass is 10.1. The molecular weight excluding hydrogens is 302 g/mol. The van der Waals surface area contributed by atoms with Crippen LogP contribution >= 0.6 is 0 Å². The largest absolute Gasteiger partial charge is 0.493 e. The standard InChI is InChI=1S/C20H21NO3/c1-21(2)11-6-12-23-16-9-10-17-18(22)14-19(24-20(17)13-16)15-7-4-3-5-8-15/h3-5,7-10,13-14H,6,11-12H2,1-2H3. The Kier molecular flexibility index (Phi) is 4.96. The lowest BCUT2D eigenvalue weighted by Gasteiger charge is -2.10. The molecule has 0 aliphatic carbocycles. The van der Waals surface area contributed by atoms with Crippen molar-refractivity contribution in [3.63, 3.8) is 0 Å². The first kappa shape index (κ1) is 16.3. The predicted molar refractivity (Wildman–Crippen MR) is 96.6 cm³/mol. The molecule has 0 unspecified atom stereocenters. The summed E-state index contributed by atoms with van der Waals surface area (Å²) in [5.74, 6) is 1.28. The highest BCUT2D eigenvalue weighted by Gasteiger charge is 2.08. The Bertz CT molecular complexity index is 869. The number of hydrogen-bond acceptors (Lipinski definition) is 4. The number of nitrogens with zero attached hydrogens (tertiary/aromatic N) is 1. The molecule has 3 aromatic rings. The minimum Gasteiger partial charge on any atom is -0.493 e. The molecule has 0 amide bonds. The van der Waals surface area contributed by atoms with Crippen LogP contribution in [0.2, 0.25) is 0 Å². The average Bonchev–Trinajstić information content (AvgIpc) is 2.59. The van der Waals surface area contributed by atoms with E-state index >= 15 is 0 Å². The van der Waals surface area contributed by atoms with Crippen molar-refractivity contribution in [1.29, 1.82) is 0 Å². The lowest BCUT2D eigenvalue weighted by molar-refractivity contribution is 0.281. The highest BCUT2D eigenvalue weighted by molar-refractivity contribution is 5.80. The van der Waals surface area contributed by atoms with Gasteiger partial charge in [-0.2, -0.15) is 0 Å². The first-order valence-electron chi connectivity index (χ1n) is 8.04. The molecule has 1 aromatic heterocycles. The molecule has 0 fully saturated rings. The first-order chi connectivity index (χ1) is 11.6. The van der Waals surface area contributed by atoms with Crippen molar-refractivity contribution in [1.82, 2.24) is 4.90 Å². The summed E-state index contributed by atoms with van der Waals surface area (Å²) < 4.78 is 11.7. The Hall–Kier alpha value is -2.59. The molecular formula is C20H21NO3. The van der Waals surface area contributed by atoms with Gasteiger partial charge in [-0.3, -0.25) is 4.79 Å². The van der Waals surface area contributed by atoms with Crippen LogP contribution < -0.4 is 10.2 Å². The Labute approximate surface area is 141 Å². The van der Waals surface area contributed by atoms with Gasteiger partial charge in [-0.15, -0.1) is 0 Å². The molecule has 0 spiro atoms. The summed E-state index contributed by atoms with van der Waals surface area (Å²) in [6.45, 7) is 1.60. The molecule has 0 saturated carbocycles. The Morgan fingerprint density at radius 1 is 1.04 bits per heavy atom. The third-order valence-electron chi connectivity index (χ3n) is 3.78. The molecule has 0 radical (unpaired) electrons. The van der Waals surface area contributed by atoms with E-state index in [-0.39, 0.29) is 5.43 Å². The number of rotatable bonds is 6. The van der Waals surface area contributed by atoms with Crippen molar-refractivity contribution < 1.29 is 9.15 Å². The summed E-state index contributed by atoms with van der Waals surface area (Å²) in [6.07, 6.45) is 0.943. The van der Waals surface area contributed by atoms with E-state index in [1.54, 1.807) is 12.1 Å². The number of fused-ring (bicyclic) bond motifs is 1. The van der Waals surface area contributed by atoms with E-state index in [2.05, 4.69) is 4.90 Å². The van der Waals surface area contributed by atoms with Gasteiger partial charge >= 0.3 is 0 Å². The molecule has 4 heteroatoms. The zero-order valence-corrected chi connectivity index (χ0v) is 14.0. The van der Waals surface area contributed by atoms with Crippen molar-refractivity contribution in [2.75, 3.05) is 27.2 Å². The van der Waals surface area contributed by atoms with Crippen LogP contribution in [0.4, 0.5) is 0 Å². The topological polar surface area (TPSA) is 42.7 Å². The molecule has 0 aliphatic heterocycles. The fraction of sp³-hybridized carbons (Fsp3) is 0.250.